The van der Waals surface area contributed by atoms with E-state index in [2.05, 4.69) is 50.1 Å². The molecule has 1 heterocycles. The van der Waals surface area contributed by atoms with Crippen molar-refractivity contribution < 1.29 is 4.74 Å². The first-order chi connectivity index (χ1) is 9.96. The highest BCUT2D eigenvalue weighted by Crippen LogP contribution is 2.20. The van der Waals surface area contributed by atoms with Crippen molar-refractivity contribution in [1.29, 1.82) is 0 Å². The van der Waals surface area contributed by atoms with Crippen LogP contribution in [-0.4, -0.2) is 10.5 Å². The molecule has 1 aromatic carbocycles. The number of benzene rings is 1. The van der Waals surface area contributed by atoms with Gasteiger partial charge in [-0.3, -0.25) is 0 Å². The Morgan fingerprint density at radius 2 is 1.76 bits per heavy atom. The topological polar surface area (TPSA) is 34.1 Å². The van der Waals surface area contributed by atoms with Crippen LogP contribution in [-0.2, 0) is 13.0 Å². The number of hydrogen-bond donors (Lipinski definition) is 1. The van der Waals surface area contributed by atoms with Crippen LogP contribution in [0.3, 0.4) is 0 Å². The molecule has 0 bridgehead atoms. The molecule has 1 N–H and O–H groups in total. The first-order valence-corrected chi connectivity index (χ1v) is 7.43. The van der Waals surface area contributed by atoms with Gasteiger partial charge in [0.05, 0.1) is 0 Å². The molecule has 112 valence electrons. The fourth-order valence-corrected chi connectivity index (χ4v) is 1.90. The number of pyridine rings is 1. The van der Waals surface area contributed by atoms with Crippen LogP contribution in [0.1, 0.15) is 38.8 Å². The van der Waals surface area contributed by atoms with Crippen molar-refractivity contribution in [2.45, 2.75) is 46.2 Å². The zero-order valence-electron chi connectivity index (χ0n) is 13.3. The van der Waals surface area contributed by atoms with Crippen molar-refractivity contribution in [2.75, 3.05) is 0 Å². The quantitative estimate of drug-likeness (QED) is 0.887. The van der Waals surface area contributed by atoms with E-state index in [1.165, 1.54) is 11.1 Å². The molecule has 2 aromatic rings. The van der Waals surface area contributed by atoms with Gasteiger partial charge in [-0.25, -0.2) is 4.98 Å². The average Bonchev–Trinajstić information content (AvgIpc) is 2.46. The fourth-order valence-electron chi connectivity index (χ4n) is 1.90. The molecule has 21 heavy (non-hydrogen) atoms. The summed E-state index contributed by atoms with van der Waals surface area (Å²) in [7, 11) is 0. The number of nitrogens with one attached hydrogen (secondary N) is 1. The van der Waals surface area contributed by atoms with Crippen molar-refractivity contribution >= 4 is 0 Å². The number of aromatic nitrogens is 1. The SMILES string of the molecule is CCc1ccc(Oc2cc(CNC(C)(C)C)ccn2)cc1. The molecule has 3 heteroatoms. The molecular formula is C18H24N2O. The molecular weight excluding hydrogens is 260 g/mol. The number of rotatable bonds is 5. The third-order valence-corrected chi connectivity index (χ3v) is 3.18. The normalized spacial score (nSPS) is 11.4. The number of ether oxygens (including phenoxy) is 1. The highest BCUT2D eigenvalue weighted by molar-refractivity contribution is 5.31. The van der Waals surface area contributed by atoms with Gasteiger partial charge in [0, 0.05) is 24.3 Å². The Labute approximate surface area is 127 Å². The van der Waals surface area contributed by atoms with E-state index in [1.54, 1.807) is 6.20 Å². The number of aryl methyl sites for hydroxylation is 1. The first kappa shape index (κ1) is 15.5. The van der Waals surface area contributed by atoms with E-state index in [9.17, 15) is 0 Å². The minimum absolute atomic E-state index is 0.0975. The third kappa shape index (κ3) is 5.20. The Balaban J connectivity index is 2.03. The maximum absolute atomic E-state index is 5.81. The summed E-state index contributed by atoms with van der Waals surface area (Å²) < 4.78 is 5.81. The Morgan fingerprint density at radius 3 is 2.38 bits per heavy atom. The summed E-state index contributed by atoms with van der Waals surface area (Å²) in [5.41, 5.74) is 2.57. The van der Waals surface area contributed by atoms with Gasteiger partial charge in [-0.1, -0.05) is 19.1 Å². The van der Waals surface area contributed by atoms with Gasteiger partial charge < -0.3 is 10.1 Å². The molecule has 2 rings (SSSR count). The first-order valence-electron chi connectivity index (χ1n) is 7.43. The summed E-state index contributed by atoms with van der Waals surface area (Å²) in [6.07, 6.45) is 2.82. The number of hydrogen-bond acceptors (Lipinski definition) is 3. The molecule has 0 atom stereocenters. The highest BCUT2D eigenvalue weighted by atomic mass is 16.5. The molecule has 0 aliphatic carbocycles. The standard InChI is InChI=1S/C18H24N2O/c1-5-14-6-8-16(9-7-14)21-17-12-15(10-11-19-17)13-20-18(2,3)4/h6-12,20H,5,13H2,1-4H3. The highest BCUT2D eigenvalue weighted by Gasteiger charge is 2.09. The minimum atomic E-state index is 0.0975. The van der Waals surface area contributed by atoms with Gasteiger partial charge >= 0.3 is 0 Å². The Hall–Kier alpha value is -1.87. The Kier molecular flexibility index (Phi) is 4.97. The molecule has 0 spiro atoms. The molecule has 0 fully saturated rings. The van der Waals surface area contributed by atoms with E-state index < -0.39 is 0 Å². The van der Waals surface area contributed by atoms with Crippen LogP contribution in [0.15, 0.2) is 42.6 Å². The van der Waals surface area contributed by atoms with Crippen LogP contribution in [0.25, 0.3) is 0 Å². The van der Waals surface area contributed by atoms with Crippen molar-refractivity contribution in [3.05, 3.63) is 53.7 Å². The average molecular weight is 284 g/mol. The van der Waals surface area contributed by atoms with Gasteiger partial charge in [-0.15, -0.1) is 0 Å². The second kappa shape index (κ2) is 6.72. The van der Waals surface area contributed by atoms with E-state index in [1.807, 2.05) is 24.3 Å². The molecule has 0 amide bonds. The van der Waals surface area contributed by atoms with E-state index >= 15 is 0 Å². The van der Waals surface area contributed by atoms with Crippen molar-refractivity contribution in [1.82, 2.24) is 10.3 Å². The smallest absolute Gasteiger partial charge is 0.219 e. The zero-order chi connectivity index (χ0) is 15.3. The minimum Gasteiger partial charge on any atom is -0.439 e. The lowest BCUT2D eigenvalue weighted by molar-refractivity contribution is 0.422. The van der Waals surface area contributed by atoms with Gasteiger partial charge in [-0.2, -0.15) is 0 Å². The van der Waals surface area contributed by atoms with Crippen LogP contribution in [0.4, 0.5) is 0 Å². The molecule has 1 aromatic heterocycles. The molecule has 0 unspecified atom stereocenters. The van der Waals surface area contributed by atoms with E-state index in [0.717, 1.165) is 18.7 Å². The summed E-state index contributed by atoms with van der Waals surface area (Å²) in [5, 5.41) is 3.46. The Morgan fingerprint density at radius 1 is 1.05 bits per heavy atom. The van der Waals surface area contributed by atoms with Crippen LogP contribution in [0.5, 0.6) is 11.6 Å². The molecule has 0 saturated heterocycles. The van der Waals surface area contributed by atoms with Gasteiger partial charge in [0.2, 0.25) is 5.88 Å². The van der Waals surface area contributed by atoms with E-state index in [4.69, 9.17) is 4.74 Å². The van der Waals surface area contributed by atoms with Crippen molar-refractivity contribution in [2.24, 2.45) is 0 Å². The Bertz CT molecular complexity index is 571. The van der Waals surface area contributed by atoms with Crippen LogP contribution < -0.4 is 10.1 Å². The molecule has 0 aliphatic heterocycles. The maximum atomic E-state index is 5.81. The van der Waals surface area contributed by atoms with Crippen LogP contribution in [0, 0.1) is 0 Å². The molecule has 0 aliphatic rings. The zero-order valence-corrected chi connectivity index (χ0v) is 13.3. The lowest BCUT2D eigenvalue weighted by Gasteiger charge is -2.20. The summed E-state index contributed by atoms with van der Waals surface area (Å²) in [6, 6.07) is 12.1. The summed E-state index contributed by atoms with van der Waals surface area (Å²) in [4.78, 5) is 4.27. The van der Waals surface area contributed by atoms with E-state index in [0.29, 0.717) is 5.88 Å². The second-order valence-electron chi connectivity index (χ2n) is 6.21. The summed E-state index contributed by atoms with van der Waals surface area (Å²) >= 11 is 0. The number of nitrogens with zero attached hydrogens (tertiary/aromatic N) is 1. The monoisotopic (exact) mass is 284 g/mol. The molecule has 3 nitrogen and oxygen atoms in total. The van der Waals surface area contributed by atoms with Gasteiger partial charge in [0.1, 0.15) is 5.75 Å². The fraction of sp³-hybridized carbons (Fsp3) is 0.389. The van der Waals surface area contributed by atoms with Crippen LogP contribution >= 0.6 is 0 Å². The summed E-state index contributed by atoms with van der Waals surface area (Å²) in [5.74, 6) is 1.45. The lowest BCUT2D eigenvalue weighted by atomic mass is 10.1. The maximum Gasteiger partial charge on any atom is 0.219 e. The lowest BCUT2D eigenvalue weighted by Crippen LogP contribution is -2.35. The third-order valence-electron chi connectivity index (χ3n) is 3.18. The second-order valence-corrected chi connectivity index (χ2v) is 6.21. The predicted octanol–water partition coefficient (Wildman–Crippen LogP) is 4.32. The van der Waals surface area contributed by atoms with Crippen molar-refractivity contribution in [3.63, 3.8) is 0 Å². The molecule has 0 radical (unpaired) electrons. The predicted molar refractivity (Wildman–Crippen MR) is 86.7 cm³/mol. The van der Waals surface area contributed by atoms with E-state index in [-0.39, 0.29) is 5.54 Å². The summed E-state index contributed by atoms with van der Waals surface area (Å²) in [6.45, 7) is 9.41. The van der Waals surface area contributed by atoms with Crippen molar-refractivity contribution in [3.8, 4) is 11.6 Å². The molecule has 0 saturated carbocycles. The van der Waals surface area contributed by atoms with Gasteiger partial charge in [0.25, 0.3) is 0 Å². The van der Waals surface area contributed by atoms with Crippen LogP contribution in [0.2, 0.25) is 0 Å². The van der Waals surface area contributed by atoms with Gasteiger partial charge in [0.15, 0.2) is 0 Å². The largest absolute Gasteiger partial charge is 0.439 e. The van der Waals surface area contributed by atoms with Gasteiger partial charge in [-0.05, 0) is 56.5 Å².